The van der Waals surface area contributed by atoms with E-state index >= 15 is 0 Å². The third-order valence-electron chi connectivity index (χ3n) is 5.16. The molecule has 1 fully saturated rings. The summed E-state index contributed by atoms with van der Waals surface area (Å²) in [5.41, 5.74) is 2.20. The van der Waals surface area contributed by atoms with E-state index in [0.29, 0.717) is 19.3 Å². The number of hydrogen-bond donors (Lipinski definition) is 2. The van der Waals surface area contributed by atoms with Crippen molar-refractivity contribution in [2.45, 2.75) is 30.8 Å². The maximum absolute atomic E-state index is 12.9. The van der Waals surface area contributed by atoms with Crippen LogP contribution in [0.5, 0.6) is 5.75 Å². The van der Waals surface area contributed by atoms with Crippen molar-refractivity contribution in [1.29, 1.82) is 0 Å². The molecule has 2 aromatic rings. The standard InChI is InChI=1S/C20H19BrN2O3/c1-26-17-9-14-11-20(10-13(14)8-15(17)21)19(25)22-16(18(24)23-20)7-12-5-3-2-4-6-12/h2-6,8-9,16H,7,10-11H2,1H3,(H,22,25)(H,23,24)/t16-,20-/m0/s1. The van der Waals surface area contributed by atoms with Crippen LogP contribution in [0.2, 0.25) is 0 Å². The predicted octanol–water partition coefficient (Wildman–Crippen LogP) is 2.15. The molecular weight excluding hydrogens is 396 g/mol. The van der Waals surface area contributed by atoms with Crippen LogP contribution in [0.3, 0.4) is 0 Å². The Kier molecular flexibility index (Phi) is 4.23. The number of carbonyl (C=O) groups is 2. The van der Waals surface area contributed by atoms with E-state index in [0.717, 1.165) is 26.9 Å². The summed E-state index contributed by atoms with van der Waals surface area (Å²) in [5.74, 6) is 0.474. The second kappa shape index (κ2) is 6.43. The summed E-state index contributed by atoms with van der Waals surface area (Å²) in [6.45, 7) is 0. The van der Waals surface area contributed by atoms with Gasteiger partial charge in [0.15, 0.2) is 0 Å². The SMILES string of the molecule is COc1cc2c(cc1Br)C[C@@]1(C2)NC(=O)[C@H](Cc2ccccc2)NC1=O. The van der Waals surface area contributed by atoms with Gasteiger partial charge in [0.05, 0.1) is 11.6 Å². The number of ether oxygens (including phenoxy) is 1. The number of rotatable bonds is 3. The Balaban J connectivity index is 1.55. The summed E-state index contributed by atoms with van der Waals surface area (Å²) in [6.07, 6.45) is 1.45. The first-order valence-electron chi connectivity index (χ1n) is 8.53. The smallest absolute Gasteiger partial charge is 0.247 e. The van der Waals surface area contributed by atoms with Crippen molar-refractivity contribution in [3.63, 3.8) is 0 Å². The molecule has 1 heterocycles. The summed E-state index contributed by atoms with van der Waals surface area (Å²) in [6, 6.07) is 13.1. The van der Waals surface area contributed by atoms with Gasteiger partial charge >= 0.3 is 0 Å². The highest BCUT2D eigenvalue weighted by atomic mass is 79.9. The molecule has 0 unspecified atom stereocenters. The van der Waals surface area contributed by atoms with Gasteiger partial charge in [0, 0.05) is 19.3 Å². The summed E-state index contributed by atoms with van der Waals surface area (Å²) in [7, 11) is 1.61. The molecule has 2 atom stereocenters. The minimum Gasteiger partial charge on any atom is -0.496 e. The quantitative estimate of drug-likeness (QED) is 0.808. The Morgan fingerprint density at radius 1 is 1.15 bits per heavy atom. The van der Waals surface area contributed by atoms with E-state index in [2.05, 4.69) is 26.6 Å². The molecule has 2 amide bonds. The lowest BCUT2D eigenvalue weighted by Crippen LogP contribution is -2.70. The van der Waals surface area contributed by atoms with Crippen LogP contribution in [0.25, 0.3) is 0 Å². The number of hydrogen-bond acceptors (Lipinski definition) is 3. The van der Waals surface area contributed by atoms with Crippen LogP contribution in [0.15, 0.2) is 46.9 Å². The zero-order valence-electron chi connectivity index (χ0n) is 14.3. The number of fused-ring (bicyclic) bond motifs is 1. The minimum atomic E-state index is -0.904. The molecule has 2 aromatic carbocycles. The third-order valence-corrected chi connectivity index (χ3v) is 5.78. The summed E-state index contributed by atoms with van der Waals surface area (Å²) in [4.78, 5) is 25.6. The van der Waals surface area contributed by atoms with E-state index in [9.17, 15) is 9.59 Å². The molecular formula is C20H19BrN2O3. The third kappa shape index (κ3) is 2.88. The van der Waals surface area contributed by atoms with Gasteiger partial charge < -0.3 is 15.4 Å². The van der Waals surface area contributed by atoms with Crippen LogP contribution in [-0.2, 0) is 28.9 Å². The van der Waals surface area contributed by atoms with E-state index in [4.69, 9.17) is 4.74 Å². The summed E-state index contributed by atoms with van der Waals surface area (Å²) >= 11 is 3.48. The lowest BCUT2D eigenvalue weighted by Gasteiger charge is -2.37. The number of nitrogens with one attached hydrogen (secondary N) is 2. The Hall–Kier alpha value is -2.34. The van der Waals surface area contributed by atoms with Gasteiger partial charge in [0.1, 0.15) is 17.3 Å². The lowest BCUT2D eigenvalue weighted by atomic mass is 9.89. The average Bonchev–Trinajstić information content (AvgIpc) is 2.97. The fraction of sp³-hybridized carbons (Fsp3) is 0.300. The first-order chi connectivity index (χ1) is 12.5. The molecule has 26 heavy (non-hydrogen) atoms. The molecule has 4 rings (SSSR count). The van der Waals surface area contributed by atoms with Crippen molar-refractivity contribution < 1.29 is 14.3 Å². The Labute approximate surface area is 160 Å². The zero-order valence-corrected chi connectivity index (χ0v) is 15.9. The van der Waals surface area contributed by atoms with Crippen molar-refractivity contribution in [2.75, 3.05) is 7.11 Å². The molecule has 2 N–H and O–H groups in total. The van der Waals surface area contributed by atoms with Gasteiger partial charge in [-0.15, -0.1) is 0 Å². The van der Waals surface area contributed by atoms with Crippen molar-refractivity contribution >= 4 is 27.7 Å². The van der Waals surface area contributed by atoms with Gasteiger partial charge in [-0.3, -0.25) is 9.59 Å². The number of benzene rings is 2. The molecule has 1 aliphatic carbocycles. The lowest BCUT2D eigenvalue weighted by molar-refractivity contribution is -0.141. The topological polar surface area (TPSA) is 67.4 Å². The molecule has 1 aliphatic heterocycles. The molecule has 0 radical (unpaired) electrons. The maximum atomic E-state index is 12.9. The largest absolute Gasteiger partial charge is 0.496 e. The molecule has 6 heteroatoms. The van der Waals surface area contributed by atoms with Gasteiger partial charge in [-0.05, 0) is 44.8 Å². The monoisotopic (exact) mass is 414 g/mol. The molecule has 1 saturated heterocycles. The minimum absolute atomic E-state index is 0.121. The van der Waals surface area contributed by atoms with E-state index in [1.807, 2.05) is 42.5 Å². The molecule has 5 nitrogen and oxygen atoms in total. The predicted molar refractivity (Wildman–Crippen MR) is 101 cm³/mol. The van der Waals surface area contributed by atoms with E-state index in [-0.39, 0.29) is 11.8 Å². The van der Waals surface area contributed by atoms with Crippen molar-refractivity contribution in [2.24, 2.45) is 0 Å². The Bertz CT molecular complexity index is 884. The fourth-order valence-corrected chi connectivity index (χ4v) is 4.37. The molecule has 0 bridgehead atoms. The van der Waals surface area contributed by atoms with Crippen LogP contribution in [0, 0.1) is 0 Å². The summed E-state index contributed by atoms with van der Waals surface area (Å²) in [5, 5.41) is 5.94. The Morgan fingerprint density at radius 3 is 2.54 bits per heavy atom. The second-order valence-electron chi connectivity index (χ2n) is 6.90. The number of amides is 2. The van der Waals surface area contributed by atoms with Gasteiger partial charge in [-0.25, -0.2) is 0 Å². The fourth-order valence-electron chi connectivity index (χ4n) is 3.82. The number of piperazine rings is 1. The highest BCUT2D eigenvalue weighted by molar-refractivity contribution is 9.10. The summed E-state index contributed by atoms with van der Waals surface area (Å²) < 4.78 is 6.19. The van der Waals surface area contributed by atoms with E-state index < -0.39 is 11.6 Å². The number of methoxy groups -OCH3 is 1. The molecule has 134 valence electrons. The first-order valence-corrected chi connectivity index (χ1v) is 9.32. The van der Waals surface area contributed by atoms with Gasteiger partial charge in [-0.1, -0.05) is 30.3 Å². The van der Waals surface area contributed by atoms with Crippen LogP contribution in [-0.4, -0.2) is 30.5 Å². The zero-order chi connectivity index (χ0) is 18.3. The number of carbonyl (C=O) groups excluding carboxylic acids is 2. The van der Waals surface area contributed by atoms with Gasteiger partial charge in [0.2, 0.25) is 11.8 Å². The highest BCUT2D eigenvalue weighted by Crippen LogP contribution is 2.38. The van der Waals surface area contributed by atoms with Gasteiger partial charge in [-0.2, -0.15) is 0 Å². The molecule has 0 aromatic heterocycles. The normalized spacial score (nSPS) is 24.2. The molecule has 1 spiro atoms. The second-order valence-corrected chi connectivity index (χ2v) is 7.75. The van der Waals surface area contributed by atoms with Crippen molar-refractivity contribution in [3.05, 3.63) is 63.6 Å². The maximum Gasteiger partial charge on any atom is 0.247 e. The molecule has 2 aliphatic rings. The Morgan fingerprint density at radius 2 is 1.85 bits per heavy atom. The number of halogens is 1. The van der Waals surface area contributed by atoms with E-state index in [1.165, 1.54) is 0 Å². The van der Waals surface area contributed by atoms with Crippen LogP contribution in [0.1, 0.15) is 16.7 Å². The van der Waals surface area contributed by atoms with Crippen LogP contribution >= 0.6 is 15.9 Å². The molecule has 0 saturated carbocycles. The average molecular weight is 415 g/mol. The highest BCUT2D eigenvalue weighted by Gasteiger charge is 2.50. The van der Waals surface area contributed by atoms with Gasteiger partial charge in [0.25, 0.3) is 0 Å². The van der Waals surface area contributed by atoms with Crippen molar-refractivity contribution in [1.82, 2.24) is 10.6 Å². The van der Waals surface area contributed by atoms with E-state index in [1.54, 1.807) is 7.11 Å². The van der Waals surface area contributed by atoms with Crippen LogP contribution < -0.4 is 15.4 Å². The van der Waals surface area contributed by atoms with Crippen molar-refractivity contribution in [3.8, 4) is 5.75 Å². The first kappa shape index (κ1) is 17.1. The van der Waals surface area contributed by atoms with Crippen LogP contribution in [0.4, 0.5) is 0 Å².